The van der Waals surface area contributed by atoms with E-state index in [1.54, 1.807) is 23.5 Å². The molecule has 1 aromatic carbocycles. The van der Waals surface area contributed by atoms with E-state index >= 15 is 0 Å². The molecule has 0 amide bonds. The van der Waals surface area contributed by atoms with Gasteiger partial charge in [-0.1, -0.05) is 18.0 Å². The molecule has 0 atom stereocenters. The van der Waals surface area contributed by atoms with Gasteiger partial charge in [-0.05, 0) is 86.8 Å². The number of benzene rings is 1. The van der Waals surface area contributed by atoms with Gasteiger partial charge in [0, 0.05) is 16.3 Å². The Hall–Kier alpha value is -2.75. The fourth-order valence-corrected chi connectivity index (χ4v) is 5.35. The first-order valence-corrected chi connectivity index (χ1v) is 12.4. The molecular weight excluding hydrogens is 478 g/mol. The zero-order valence-corrected chi connectivity index (χ0v) is 20.5. The van der Waals surface area contributed by atoms with Crippen LogP contribution in [0.3, 0.4) is 0 Å². The number of aryl methyl sites for hydroxylation is 1. The highest BCUT2D eigenvalue weighted by molar-refractivity contribution is 7.80. The predicted molar refractivity (Wildman–Crippen MR) is 138 cm³/mol. The molecule has 3 aromatic rings. The normalized spacial score (nSPS) is 12.9. The standard InChI is InChI=1S/C23H24ClN5O2S2/c1-2-31-22(30)20-16-6-4-3-5-7-17(16)33-21(20)27-23(32)26-15-10-8-14(9-11-15)25-19-13-12-18(24)28-29-19/h8-13H,2-7H2,1H3,(H,25,29)(H2,26,27,32). The largest absolute Gasteiger partial charge is 0.462 e. The number of aromatic nitrogens is 2. The lowest BCUT2D eigenvalue weighted by Gasteiger charge is -2.12. The Kier molecular flexibility index (Phi) is 7.74. The maximum Gasteiger partial charge on any atom is 0.341 e. The molecule has 0 spiro atoms. The van der Waals surface area contributed by atoms with Gasteiger partial charge in [-0.2, -0.15) is 0 Å². The number of halogens is 1. The molecule has 7 nitrogen and oxygen atoms in total. The summed E-state index contributed by atoms with van der Waals surface area (Å²) in [6, 6.07) is 11.0. The van der Waals surface area contributed by atoms with Crippen LogP contribution in [0.1, 0.15) is 47.0 Å². The molecule has 172 valence electrons. The topological polar surface area (TPSA) is 88.2 Å². The van der Waals surface area contributed by atoms with E-state index in [1.807, 2.05) is 31.2 Å². The van der Waals surface area contributed by atoms with Gasteiger partial charge >= 0.3 is 5.97 Å². The van der Waals surface area contributed by atoms with Crippen molar-refractivity contribution >= 4 is 68.4 Å². The van der Waals surface area contributed by atoms with Gasteiger partial charge in [0.2, 0.25) is 0 Å². The number of thiocarbonyl (C=S) groups is 1. The molecule has 1 aliphatic rings. The van der Waals surface area contributed by atoms with E-state index in [4.69, 9.17) is 28.6 Å². The summed E-state index contributed by atoms with van der Waals surface area (Å²) in [7, 11) is 0. The van der Waals surface area contributed by atoms with Gasteiger partial charge in [0.05, 0.1) is 12.2 Å². The van der Waals surface area contributed by atoms with Gasteiger partial charge in [0.1, 0.15) is 5.00 Å². The van der Waals surface area contributed by atoms with Crippen LogP contribution in [0.5, 0.6) is 0 Å². The van der Waals surface area contributed by atoms with Crippen LogP contribution in [0.2, 0.25) is 5.15 Å². The second-order valence-electron chi connectivity index (χ2n) is 7.51. The summed E-state index contributed by atoms with van der Waals surface area (Å²) in [4.78, 5) is 14.0. The third kappa shape index (κ3) is 5.98. The van der Waals surface area contributed by atoms with E-state index < -0.39 is 0 Å². The number of ether oxygens (including phenoxy) is 1. The van der Waals surface area contributed by atoms with Crippen LogP contribution in [0.25, 0.3) is 0 Å². The van der Waals surface area contributed by atoms with E-state index in [2.05, 4.69) is 26.1 Å². The number of hydrogen-bond donors (Lipinski definition) is 3. The SMILES string of the molecule is CCOC(=O)c1c(NC(=S)Nc2ccc(Nc3ccc(Cl)nn3)cc2)sc2c1CCCCC2. The second kappa shape index (κ2) is 10.9. The number of rotatable bonds is 6. The van der Waals surface area contributed by atoms with Crippen LogP contribution >= 0.6 is 35.2 Å². The third-order valence-electron chi connectivity index (χ3n) is 5.18. The van der Waals surface area contributed by atoms with Gasteiger partial charge in [0.25, 0.3) is 0 Å². The van der Waals surface area contributed by atoms with Crippen molar-refractivity contribution in [3.63, 3.8) is 0 Å². The molecule has 4 rings (SSSR count). The molecule has 3 N–H and O–H groups in total. The number of esters is 1. The molecule has 2 aromatic heterocycles. The Morgan fingerprint density at radius 2 is 1.82 bits per heavy atom. The lowest BCUT2D eigenvalue weighted by atomic mass is 10.1. The van der Waals surface area contributed by atoms with Crippen molar-refractivity contribution < 1.29 is 9.53 Å². The lowest BCUT2D eigenvalue weighted by Crippen LogP contribution is -2.20. The fourth-order valence-electron chi connectivity index (χ4n) is 3.68. The first kappa shape index (κ1) is 23.4. The Morgan fingerprint density at radius 3 is 2.55 bits per heavy atom. The van der Waals surface area contributed by atoms with Crippen molar-refractivity contribution in [1.29, 1.82) is 0 Å². The van der Waals surface area contributed by atoms with Gasteiger partial charge < -0.3 is 20.7 Å². The third-order valence-corrected chi connectivity index (χ3v) is 6.79. The molecular formula is C23H24ClN5O2S2. The van der Waals surface area contributed by atoms with Gasteiger partial charge in [-0.3, -0.25) is 0 Å². The number of fused-ring (bicyclic) bond motifs is 1. The summed E-state index contributed by atoms with van der Waals surface area (Å²) in [5.74, 6) is 0.309. The maximum atomic E-state index is 12.7. The number of nitrogens with one attached hydrogen (secondary N) is 3. The van der Waals surface area contributed by atoms with E-state index in [9.17, 15) is 4.79 Å². The molecule has 1 aliphatic carbocycles. The number of thiophene rings is 1. The van der Waals surface area contributed by atoms with Crippen LogP contribution in [-0.4, -0.2) is 27.9 Å². The molecule has 0 saturated carbocycles. The predicted octanol–water partition coefficient (Wildman–Crippen LogP) is 6.19. The van der Waals surface area contributed by atoms with Crippen LogP contribution in [-0.2, 0) is 17.6 Å². The van der Waals surface area contributed by atoms with Crippen molar-refractivity contribution in [2.45, 2.75) is 39.0 Å². The Morgan fingerprint density at radius 1 is 1.06 bits per heavy atom. The van der Waals surface area contributed by atoms with Crippen molar-refractivity contribution in [1.82, 2.24) is 10.2 Å². The molecule has 0 radical (unpaired) electrons. The van der Waals surface area contributed by atoms with E-state index in [-0.39, 0.29) is 5.97 Å². The van der Waals surface area contributed by atoms with Gasteiger partial charge in [-0.25, -0.2) is 4.79 Å². The quantitative estimate of drug-likeness (QED) is 0.209. The van der Waals surface area contributed by atoms with Crippen molar-refractivity contribution in [3.05, 3.63) is 57.6 Å². The average molecular weight is 502 g/mol. The molecule has 2 heterocycles. The van der Waals surface area contributed by atoms with Crippen LogP contribution < -0.4 is 16.0 Å². The highest BCUT2D eigenvalue weighted by Gasteiger charge is 2.26. The number of carbonyl (C=O) groups is 1. The van der Waals surface area contributed by atoms with Gasteiger partial charge in [0.15, 0.2) is 16.1 Å². The van der Waals surface area contributed by atoms with Crippen LogP contribution in [0, 0.1) is 0 Å². The maximum absolute atomic E-state index is 12.7. The number of nitrogens with zero attached hydrogens (tertiary/aromatic N) is 2. The number of carbonyl (C=O) groups excluding carboxylic acids is 1. The Bertz CT molecular complexity index is 1130. The van der Waals surface area contributed by atoms with Crippen LogP contribution in [0.4, 0.5) is 22.2 Å². The average Bonchev–Trinajstić information content (AvgIpc) is 2.97. The minimum Gasteiger partial charge on any atom is -0.462 e. The summed E-state index contributed by atoms with van der Waals surface area (Å²) in [6.45, 7) is 2.16. The minimum absolute atomic E-state index is 0.289. The monoisotopic (exact) mass is 501 g/mol. The molecule has 0 fully saturated rings. The number of anilines is 4. The lowest BCUT2D eigenvalue weighted by molar-refractivity contribution is 0.0527. The van der Waals surface area contributed by atoms with Crippen LogP contribution in [0.15, 0.2) is 36.4 Å². The molecule has 0 bridgehead atoms. The second-order valence-corrected chi connectivity index (χ2v) is 9.41. The summed E-state index contributed by atoms with van der Waals surface area (Å²) >= 11 is 12.9. The van der Waals surface area contributed by atoms with E-state index in [1.165, 1.54) is 11.3 Å². The highest BCUT2D eigenvalue weighted by Crippen LogP contribution is 2.38. The molecule has 0 aliphatic heterocycles. The first-order valence-electron chi connectivity index (χ1n) is 10.8. The summed E-state index contributed by atoms with van der Waals surface area (Å²) < 4.78 is 5.34. The molecule has 33 heavy (non-hydrogen) atoms. The fraction of sp³-hybridized carbons (Fsp3) is 0.304. The van der Waals surface area contributed by atoms with Crippen molar-refractivity contribution in [2.24, 2.45) is 0 Å². The molecule has 0 unspecified atom stereocenters. The van der Waals surface area contributed by atoms with Crippen molar-refractivity contribution in [2.75, 3.05) is 22.6 Å². The minimum atomic E-state index is -0.289. The van der Waals surface area contributed by atoms with Crippen molar-refractivity contribution in [3.8, 4) is 0 Å². The van der Waals surface area contributed by atoms with Gasteiger partial charge in [-0.15, -0.1) is 21.5 Å². The summed E-state index contributed by atoms with van der Waals surface area (Å²) in [5, 5.41) is 18.9. The van der Waals surface area contributed by atoms with E-state index in [0.29, 0.717) is 28.3 Å². The summed E-state index contributed by atoms with van der Waals surface area (Å²) in [6.07, 6.45) is 5.29. The smallest absolute Gasteiger partial charge is 0.341 e. The first-order chi connectivity index (χ1) is 16.0. The highest BCUT2D eigenvalue weighted by atomic mass is 35.5. The molecule has 0 saturated heterocycles. The zero-order chi connectivity index (χ0) is 23.2. The van der Waals surface area contributed by atoms with E-state index in [0.717, 1.165) is 47.6 Å². The zero-order valence-electron chi connectivity index (χ0n) is 18.1. The Labute approximate surface area is 206 Å². The summed E-state index contributed by atoms with van der Waals surface area (Å²) in [5.41, 5.74) is 3.41. The number of hydrogen-bond acceptors (Lipinski definition) is 7. The Balaban J connectivity index is 1.44. The molecule has 10 heteroatoms.